The quantitative estimate of drug-likeness (QED) is 0.493. The molecule has 2 aromatic carbocycles. The van der Waals surface area contributed by atoms with E-state index in [9.17, 15) is 21.6 Å². The van der Waals surface area contributed by atoms with Gasteiger partial charge in [-0.05, 0) is 50.2 Å². The predicted molar refractivity (Wildman–Crippen MR) is 127 cm³/mol. The standard InChI is InChI=1S/C20H26ClN3O7S2/c1-13(2)23-33(28,29)15-7-9-19(31-4)17(11-15)22-20(25)12-24(32(5,26)27)14-6-8-18(30-3)16(21)10-14/h6-11,13,23H,12H2,1-5H3,(H,22,25). The molecule has 0 unspecified atom stereocenters. The topological polar surface area (TPSA) is 131 Å². The number of ether oxygens (including phenoxy) is 2. The number of nitrogens with zero attached hydrogens (tertiary/aromatic N) is 1. The van der Waals surface area contributed by atoms with E-state index < -0.39 is 32.5 Å². The van der Waals surface area contributed by atoms with Gasteiger partial charge in [-0.25, -0.2) is 21.6 Å². The van der Waals surface area contributed by atoms with Crippen LogP contribution in [0.2, 0.25) is 5.02 Å². The van der Waals surface area contributed by atoms with E-state index in [2.05, 4.69) is 10.0 Å². The van der Waals surface area contributed by atoms with Crippen LogP contribution < -0.4 is 23.8 Å². The highest BCUT2D eigenvalue weighted by molar-refractivity contribution is 7.92. The number of hydrogen-bond donors (Lipinski definition) is 2. The molecule has 2 rings (SSSR count). The van der Waals surface area contributed by atoms with Gasteiger partial charge in [0.25, 0.3) is 0 Å². The lowest BCUT2D eigenvalue weighted by atomic mass is 10.2. The maximum absolute atomic E-state index is 12.8. The molecule has 0 bridgehead atoms. The first-order valence-corrected chi connectivity index (χ1v) is 13.3. The Balaban J connectivity index is 2.35. The number of nitrogens with one attached hydrogen (secondary N) is 2. The fraction of sp³-hybridized carbons (Fsp3) is 0.350. The third-order valence-corrected chi connectivity index (χ3v) is 7.35. The number of sulfonamides is 2. The average Bonchev–Trinajstić information content (AvgIpc) is 2.70. The van der Waals surface area contributed by atoms with Gasteiger partial charge in [-0.15, -0.1) is 0 Å². The highest BCUT2D eigenvalue weighted by atomic mass is 35.5. The molecular weight excluding hydrogens is 494 g/mol. The number of hydrogen-bond acceptors (Lipinski definition) is 7. The number of anilines is 2. The van der Waals surface area contributed by atoms with Crippen molar-refractivity contribution in [3.63, 3.8) is 0 Å². The normalized spacial score (nSPS) is 11.8. The molecule has 0 fully saturated rings. The molecule has 2 N–H and O–H groups in total. The SMILES string of the molecule is COc1ccc(N(CC(=O)Nc2cc(S(=O)(=O)NC(C)C)ccc2OC)S(C)(=O)=O)cc1Cl. The highest BCUT2D eigenvalue weighted by Crippen LogP contribution is 2.31. The molecule has 33 heavy (non-hydrogen) atoms. The van der Waals surface area contributed by atoms with E-state index in [0.29, 0.717) is 5.75 Å². The van der Waals surface area contributed by atoms with Crippen molar-refractivity contribution < 1.29 is 31.1 Å². The fourth-order valence-corrected chi connectivity index (χ4v) is 5.24. The molecule has 2 aromatic rings. The first-order chi connectivity index (χ1) is 15.3. The van der Waals surface area contributed by atoms with Crippen LogP contribution in [0.15, 0.2) is 41.3 Å². The van der Waals surface area contributed by atoms with Crippen LogP contribution in [0, 0.1) is 0 Å². The van der Waals surface area contributed by atoms with Crippen molar-refractivity contribution in [2.75, 3.05) is 36.6 Å². The zero-order chi connectivity index (χ0) is 25.0. The number of amides is 1. The van der Waals surface area contributed by atoms with Crippen LogP contribution >= 0.6 is 11.6 Å². The van der Waals surface area contributed by atoms with Gasteiger partial charge >= 0.3 is 0 Å². The fourth-order valence-electron chi connectivity index (χ4n) is 2.86. The monoisotopic (exact) mass is 519 g/mol. The summed E-state index contributed by atoms with van der Waals surface area (Å²) in [5.41, 5.74) is 0.221. The zero-order valence-electron chi connectivity index (χ0n) is 18.7. The van der Waals surface area contributed by atoms with Gasteiger partial charge in [-0.2, -0.15) is 0 Å². The van der Waals surface area contributed by atoms with Crippen molar-refractivity contribution >= 4 is 48.9 Å². The summed E-state index contributed by atoms with van der Waals surface area (Å²) in [5.74, 6) is -0.182. The van der Waals surface area contributed by atoms with Crippen molar-refractivity contribution in [2.45, 2.75) is 24.8 Å². The van der Waals surface area contributed by atoms with Crippen LogP contribution in [-0.4, -0.2) is 55.8 Å². The molecule has 0 aromatic heterocycles. The van der Waals surface area contributed by atoms with Gasteiger partial charge in [0.2, 0.25) is 26.0 Å². The van der Waals surface area contributed by atoms with Gasteiger partial charge in [0.1, 0.15) is 18.0 Å². The number of carbonyl (C=O) groups is 1. The third kappa shape index (κ3) is 6.97. The second-order valence-corrected chi connectivity index (χ2v) is 11.3. The van der Waals surface area contributed by atoms with Crippen LogP contribution in [0.3, 0.4) is 0 Å². The molecule has 1 amide bonds. The molecule has 0 heterocycles. The molecule has 0 radical (unpaired) electrons. The Morgan fingerprint density at radius 2 is 1.64 bits per heavy atom. The van der Waals surface area contributed by atoms with Gasteiger partial charge in [-0.3, -0.25) is 9.10 Å². The summed E-state index contributed by atoms with van der Waals surface area (Å²) in [4.78, 5) is 12.7. The van der Waals surface area contributed by atoms with Gasteiger partial charge in [0, 0.05) is 6.04 Å². The number of methoxy groups -OCH3 is 2. The van der Waals surface area contributed by atoms with Crippen molar-refractivity contribution in [2.24, 2.45) is 0 Å². The molecular formula is C20H26ClN3O7S2. The van der Waals surface area contributed by atoms with Crippen molar-refractivity contribution in [3.05, 3.63) is 41.4 Å². The first-order valence-electron chi connectivity index (χ1n) is 9.60. The van der Waals surface area contributed by atoms with E-state index in [1.165, 1.54) is 50.6 Å². The summed E-state index contributed by atoms with van der Waals surface area (Å²) >= 11 is 6.10. The summed E-state index contributed by atoms with van der Waals surface area (Å²) in [5, 5.41) is 2.68. The van der Waals surface area contributed by atoms with Crippen LogP contribution in [0.4, 0.5) is 11.4 Å². The lowest BCUT2D eigenvalue weighted by molar-refractivity contribution is -0.114. The van der Waals surface area contributed by atoms with Gasteiger partial charge in [0.05, 0.1) is 41.8 Å². The van der Waals surface area contributed by atoms with Crippen molar-refractivity contribution in [1.82, 2.24) is 4.72 Å². The van der Waals surface area contributed by atoms with Gasteiger partial charge in [0.15, 0.2) is 0 Å². The Labute approximate surface area is 198 Å². The zero-order valence-corrected chi connectivity index (χ0v) is 21.1. The summed E-state index contributed by atoms with van der Waals surface area (Å²) in [6.07, 6.45) is 0.948. The molecule has 182 valence electrons. The predicted octanol–water partition coefficient (Wildman–Crippen LogP) is 2.45. The molecule has 0 saturated heterocycles. The second-order valence-electron chi connectivity index (χ2n) is 7.27. The largest absolute Gasteiger partial charge is 0.495 e. The maximum Gasteiger partial charge on any atom is 0.245 e. The average molecular weight is 520 g/mol. The van der Waals surface area contributed by atoms with E-state index in [1.54, 1.807) is 13.8 Å². The summed E-state index contributed by atoms with van der Waals surface area (Å²) in [6.45, 7) is 2.76. The second kappa shape index (κ2) is 10.6. The Hall–Kier alpha value is -2.54. The first kappa shape index (κ1) is 26.7. The van der Waals surface area contributed by atoms with Crippen molar-refractivity contribution in [3.8, 4) is 11.5 Å². The molecule has 0 saturated carbocycles. The molecule has 10 nitrogen and oxygen atoms in total. The van der Waals surface area contributed by atoms with Crippen LogP contribution in [-0.2, 0) is 24.8 Å². The Bertz CT molecular complexity index is 1230. The Morgan fingerprint density at radius 3 is 2.15 bits per heavy atom. The van der Waals surface area contributed by atoms with E-state index in [1.807, 2.05) is 0 Å². The van der Waals surface area contributed by atoms with E-state index in [4.69, 9.17) is 21.1 Å². The van der Waals surface area contributed by atoms with E-state index >= 15 is 0 Å². The van der Waals surface area contributed by atoms with Gasteiger partial charge in [-0.1, -0.05) is 11.6 Å². The molecule has 0 atom stereocenters. The van der Waals surface area contributed by atoms with Gasteiger partial charge < -0.3 is 14.8 Å². The van der Waals surface area contributed by atoms with E-state index in [0.717, 1.165) is 10.6 Å². The van der Waals surface area contributed by atoms with Crippen LogP contribution in [0.1, 0.15) is 13.8 Å². The molecule has 0 spiro atoms. The lowest BCUT2D eigenvalue weighted by Gasteiger charge is -2.23. The molecule has 0 aliphatic heterocycles. The van der Waals surface area contributed by atoms with Crippen molar-refractivity contribution in [1.29, 1.82) is 0 Å². The molecule has 0 aliphatic carbocycles. The smallest absolute Gasteiger partial charge is 0.245 e. The maximum atomic E-state index is 12.8. The third-order valence-electron chi connectivity index (χ3n) is 4.26. The number of rotatable bonds is 10. The summed E-state index contributed by atoms with van der Waals surface area (Å²) < 4.78 is 63.3. The summed E-state index contributed by atoms with van der Waals surface area (Å²) in [7, 11) is -4.93. The van der Waals surface area contributed by atoms with E-state index in [-0.39, 0.29) is 33.1 Å². The van der Waals surface area contributed by atoms with Crippen LogP contribution in [0.5, 0.6) is 11.5 Å². The Kier molecular flexibility index (Phi) is 8.57. The molecule has 13 heteroatoms. The Morgan fingerprint density at radius 1 is 1.03 bits per heavy atom. The minimum Gasteiger partial charge on any atom is -0.495 e. The van der Waals surface area contributed by atoms with Crippen LogP contribution in [0.25, 0.3) is 0 Å². The lowest BCUT2D eigenvalue weighted by Crippen LogP contribution is -2.37. The minimum atomic E-state index is -3.87. The number of halogens is 1. The number of carbonyl (C=O) groups excluding carboxylic acids is 1. The molecule has 0 aliphatic rings. The summed E-state index contributed by atoms with van der Waals surface area (Å²) in [6, 6.07) is 7.91. The highest BCUT2D eigenvalue weighted by Gasteiger charge is 2.23. The number of benzene rings is 2. The minimum absolute atomic E-state index is 0.0651.